The summed E-state index contributed by atoms with van der Waals surface area (Å²) in [5, 5.41) is 7.60. The summed E-state index contributed by atoms with van der Waals surface area (Å²) in [5.74, 6) is 1.86. The van der Waals surface area contributed by atoms with Crippen molar-refractivity contribution in [1.82, 2.24) is 24.5 Å². The maximum Gasteiger partial charge on any atom is 0.189 e. The Balaban J connectivity index is 1.32. The van der Waals surface area contributed by atoms with Crippen LogP contribution in [0.4, 0.5) is 22.3 Å². The van der Waals surface area contributed by atoms with Gasteiger partial charge in [-0.15, -0.1) is 0 Å². The number of aryl methyl sites for hydroxylation is 1. The van der Waals surface area contributed by atoms with E-state index in [-0.39, 0.29) is 0 Å². The lowest BCUT2D eigenvalue weighted by molar-refractivity contribution is 0.732. The number of imidazole rings is 1. The zero-order chi connectivity index (χ0) is 22.6. The van der Waals surface area contributed by atoms with Gasteiger partial charge >= 0.3 is 0 Å². The maximum atomic E-state index is 4.65. The minimum atomic E-state index is 0.675. The number of hydrogen-bond acceptors (Lipinski definition) is 7. The van der Waals surface area contributed by atoms with E-state index >= 15 is 0 Å². The Labute approximate surface area is 209 Å². The summed E-state index contributed by atoms with van der Waals surface area (Å²) in [6.07, 6.45) is 6.35. The highest BCUT2D eigenvalue weighted by Crippen LogP contribution is 2.32. The van der Waals surface area contributed by atoms with Gasteiger partial charge < -0.3 is 15.2 Å². The monoisotopic (exact) mass is 567 g/mol. The molecule has 0 fully saturated rings. The average Bonchev–Trinajstić information content (AvgIpc) is 3.47. The minimum Gasteiger partial charge on any atom is -0.339 e. The summed E-state index contributed by atoms with van der Waals surface area (Å²) in [5.41, 5.74) is 5.15. The molecule has 0 aliphatic carbocycles. The lowest BCUT2D eigenvalue weighted by atomic mass is 10.2. The van der Waals surface area contributed by atoms with Crippen LogP contribution in [-0.2, 0) is 17.4 Å². The number of nitrogens with one attached hydrogen (secondary N) is 2. The van der Waals surface area contributed by atoms with Gasteiger partial charge in [-0.25, -0.2) is 15.0 Å². The van der Waals surface area contributed by atoms with E-state index < -0.39 is 0 Å². The molecule has 0 radical (unpaired) electrons. The van der Waals surface area contributed by atoms with E-state index in [2.05, 4.69) is 101 Å². The first-order valence-electron chi connectivity index (χ1n) is 10.6. The maximum absolute atomic E-state index is 4.65. The van der Waals surface area contributed by atoms with E-state index in [9.17, 15) is 0 Å². The molecule has 2 N–H and O–H groups in total. The fraction of sp³-hybridized carbons (Fsp3) is 0.167. The first-order chi connectivity index (χ1) is 16.2. The van der Waals surface area contributed by atoms with E-state index in [1.165, 1.54) is 22.5 Å². The van der Waals surface area contributed by atoms with Crippen molar-refractivity contribution < 1.29 is 0 Å². The number of fused-ring (bicyclic) bond motifs is 1. The van der Waals surface area contributed by atoms with Crippen molar-refractivity contribution in [3.63, 3.8) is 0 Å². The van der Waals surface area contributed by atoms with Crippen molar-refractivity contribution in [3.8, 4) is 0 Å². The quantitative estimate of drug-likeness (QED) is 0.169. The van der Waals surface area contributed by atoms with E-state index in [0.29, 0.717) is 5.65 Å². The molecular formula is C24H22IN7S. The second kappa shape index (κ2) is 9.84. The van der Waals surface area contributed by atoms with E-state index in [1.807, 2.05) is 24.5 Å². The number of aromatic nitrogens is 5. The van der Waals surface area contributed by atoms with Gasteiger partial charge in [-0.1, -0.05) is 65.1 Å². The molecule has 166 valence electrons. The molecule has 0 bridgehead atoms. The highest BCUT2D eigenvalue weighted by molar-refractivity contribution is 14.1. The van der Waals surface area contributed by atoms with Crippen LogP contribution in [0, 0.1) is 0 Å². The predicted octanol–water partition coefficient (Wildman–Crippen LogP) is 6.32. The van der Waals surface area contributed by atoms with E-state index in [0.717, 1.165) is 50.2 Å². The van der Waals surface area contributed by atoms with Gasteiger partial charge in [0.25, 0.3) is 0 Å². The van der Waals surface area contributed by atoms with Gasteiger partial charge in [0.15, 0.2) is 16.6 Å². The molecule has 0 aliphatic rings. The SMILES string of the molecule is CCc1nccn1Cc1ccc(Nc2nc3ncnc(Nc4cccc(CI)c4)c3s2)cc1. The lowest BCUT2D eigenvalue weighted by Crippen LogP contribution is -2.03. The van der Waals surface area contributed by atoms with Gasteiger partial charge in [0.2, 0.25) is 0 Å². The summed E-state index contributed by atoms with van der Waals surface area (Å²) >= 11 is 3.90. The standard InChI is InChI=1S/C24H22IN7S/c1-2-20-26-10-11-32(20)14-16-6-8-18(9-7-16)30-24-31-23-21(33-24)22(27-15-28-23)29-19-5-3-4-17(12-19)13-25/h3-12,15H,2,13-14H2,1H3,(H2,27,28,29,30,31). The first-order valence-corrected chi connectivity index (χ1v) is 13.0. The third kappa shape index (κ3) is 4.98. The van der Waals surface area contributed by atoms with Crippen LogP contribution < -0.4 is 10.6 Å². The van der Waals surface area contributed by atoms with Crippen LogP contribution in [0.3, 0.4) is 0 Å². The molecule has 0 amide bonds. The topological polar surface area (TPSA) is 80.6 Å². The van der Waals surface area contributed by atoms with Gasteiger partial charge in [-0.2, -0.15) is 4.98 Å². The molecule has 0 unspecified atom stereocenters. The third-order valence-corrected chi connectivity index (χ3v) is 7.06. The number of hydrogen-bond donors (Lipinski definition) is 2. The van der Waals surface area contributed by atoms with Gasteiger partial charge in [-0.05, 0) is 35.4 Å². The second-order valence-corrected chi connectivity index (χ2v) is 9.26. The predicted molar refractivity (Wildman–Crippen MR) is 143 cm³/mol. The Morgan fingerprint density at radius 3 is 2.67 bits per heavy atom. The second-order valence-electron chi connectivity index (χ2n) is 7.50. The number of benzene rings is 2. The number of alkyl halides is 1. The Morgan fingerprint density at radius 2 is 1.85 bits per heavy atom. The van der Waals surface area contributed by atoms with Gasteiger partial charge in [0.1, 0.15) is 16.9 Å². The van der Waals surface area contributed by atoms with Crippen LogP contribution in [0.1, 0.15) is 23.9 Å². The molecule has 9 heteroatoms. The number of halogens is 1. The zero-order valence-electron chi connectivity index (χ0n) is 18.0. The highest BCUT2D eigenvalue weighted by atomic mass is 127. The summed E-state index contributed by atoms with van der Waals surface area (Å²) < 4.78 is 4.06. The van der Waals surface area contributed by atoms with E-state index in [1.54, 1.807) is 6.33 Å². The summed E-state index contributed by atoms with van der Waals surface area (Å²) in [7, 11) is 0. The summed E-state index contributed by atoms with van der Waals surface area (Å²) in [6, 6.07) is 16.7. The lowest BCUT2D eigenvalue weighted by Gasteiger charge is -2.08. The molecule has 3 aromatic heterocycles. The third-order valence-electron chi connectivity index (χ3n) is 5.21. The van der Waals surface area contributed by atoms with Crippen molar-refractivity contribution in [2.24, 2.45) is 0 Å². The minimum absolute atomic E-state index is 0.675. The first kappa shape index (κ1) is 21.8. The van der Waals surface area contributed by atoms with Crippen LogP contribution in [-0.4, -0.2) is 24.5 Å². The molecule has 7 nitrogen and oxygen atoms in total. The summed E-state index contributed by atoms with van der Waals surface area (Å²) in [4.78, 5) is 17.8. The molecular weight excluding hydrogens is 545 g/mol. The van der Waals surface area contributed by atoms with Gasteiger partial charge in [0.05, 0.1) is 0 Å². The van der Waals surface area contributed by atoms with Crippen LogP contribution in [0.15, 0.2) is 67.3 Å². The largest absolute Gasteiger partial charge is 0.339 e. The summed E-state index contributed by atoms with van der Waals surface area (Å²) in [6.45, 7) is 2.94. The Morgan fingerprint density at radius 1 is 0.970 bits per heavy atom. The van der Waals surface area contributed by atoms with Gasteiger partial charge in [-0.3, -0.25) is 0 Å². The van der Waals surface area contributed by atoms with Crippen LogP contribution >= 0.6 is 33.9 Å². The Kier molecular flexibility index (Phi) is 6.49. The molecule has 3 heterocycles. The molecule has 5 aromatic rings. The number of nitrogens with zero attached hydrogens (tertiary/aromatic N) is 5. The van der Waals surface area contributed by atoms with Crippen molar-refractivity contribution in [2.45, 2.75) is 24.3 Å². The van der Waals surface area contributed by atoms with Crippen LogP contribution in [0.5, 0.6) is 0 Å². The fourth-order valence-electron chi connectivity index (χ4n) is 3.58. The van der Waals surface area contributed by atoms with Crippen LogP contribution in [0.2, 0.25) is 0 Å². The average molecular weight is 567 g/mol. The molecule has 0 saturated carbocycles. The molecule has 0 aliphatic heterocycles. The van der Waals surface area contributed by atoms with Crippen molar-refractivity contribution in [2.75, 3.05) is 10.6 Å². The van der Waals surface area contributed by atoms with Gasteiger partial charge in [0, 0.05) is 41.2 Å². The zero-order valence-corrected chi connectivity index (χ0v) is 21.0. The Hall–Kier alpha value is -3.05. The van der Waals surface area contributed by atoms with Crippen molar-refractivity contribution >= 4 is 66.6 Å². The van der Waals surface area contributed by atoms with Crippen molar-refractivity contribution in [1.29, 1.82) is 0 Å². The Bertz CT molecular complexity index is 1380. The number of rotatable bonds is 8. The molecule has 33 heavy (non-hydrogen) atoms. The molecule has 0 atom stereocenters. The molecule has 5 rings (SSSR count). The number of anilines is 4. The van der Waals surface area contributed by atoms with E-state index in [4.69, 9.17) is 0 Å². The van der Waals surface area contributed by atoms with Crippen LogP contribution in [0.25, 0.3) is 10.3 Å². The van der Waals surface area contributed by atoms with Crippen molar-refractivity contribution in [3.05, 3.63) is 84.2 Å². The fourth-order valence-corrected chi connectivity index (χ4v) is 4.94. The number of thiazole rings is 1. The molecule has 0 saturated heterocycles. The normalized spacial score (nSPS) is 11.1. The molecule has 0 spiro atoms. The highest BCUT2D eigenvalue weighted by Gasteiger charge is 2.12. The molecule has 2 aromatic carbocycles. The smallest absolute Gasteiger partial charge is 0.189 e.